The molecule has 0 radical (unpaired) electrons. The van der Waals surface area contributed by atoms with Gasteiger partial charge in [-0.2, -0.15) is 0 Å². The number of hydrogen-bond donors (Lipinski definition) is 1. The van der Waals surface area contributed by atoms with Crippen LogP contribution in [0.1, 0.15) is 82.9 Å². The van der Waals surface area contributed by atoms with Crippen molar-refractivity contribution >= 4 is 12.0 Å². The van der Waals surface area contributed by atoms with Gasteiger partial charge in [-0.3, -0.25) is 9.69 Å². The van der Waals surface area contributed by atoms with Crippen molar-refractivity contribution in [1.29, 1.82) is 0 Å². The van der Waals surface area contributed by atoms with Crippen molar-refractivity contribution in [1.82, 2.24) is 10.2 Å². The van der Waals surface area contributed by atoms with Gasteiger partial charge in [0, 0.05) is 6.04 Å². The van der Waals surface area contributed by atoms with Gasteiger partial charge < -0.3 is 10.1 Å². The monoisotopic (exact) mass is 398 g/mol. The van der Waals surface area contributed by atoms with Crippen LogP contribution < -0.4 is 5.32 Å². The fourth-order valence-corrected chi connectivity index (χ4v) is 5.44. The molecule has 1 aromatic rings. The van der Waals surface area contributed by atoms with Gasteiger partial charge in [0.05, 0.1) is 6.04 Å². The standard InChI is InChI=1S/C24H34N2O3/c1-24(2,3)29-23(28)26-20-14-7-5-10-17(20)15-21(26)22(27)25-19-13-8-11-16-9-4-6-12-18(16)19/h4,6,9,12,17,19-21H,5,7-8,10-11,13-15H2,1-3H3,(H,25,27)/t17?,19-,20?,21+/m1/s1. The molecule has 3 aliphatic rings. The lowest BCUT2D eigenvalue weighted by Gasteiger charge is -2.35. The Morgan fingerprint density at radius 2 is 1.83 bits per heavy atom. The van der Waals surface area contributed by atoms with Crippen LogP contribution in [-0.2, 0) is 16.0 Å². The summed E-state index contributed by atoms with van der Waals surface area (Å²) in [5.74, 6) is 0.387. The molecule has 4 atom stereocenters. The Hall–Kier alpha value is -2.04. The summed E-state index contributed by atoms with van der Waals surface area (Å²) in [4.78, 5) is 28.2. The third kappa shape index (κ3) is 4.29. The van der Waals surface area contributed by atoms with Crippen molar-refractivity contribution < 1.29 is 14.3 Å². The quantitative estimate of drug-likeness (QED) is 0.782. The zero-order valence-electron chi connectivity index (χ0n) is 17.9. The van der Waals surface area contributed by atoms with Gasteiger partial charge in [-0.05, 0) is 76.3 Å². The molecule has 1 heterocycles. The Morgan fingerprint density at radius 1 is 1.07 bits per heavy atom. The third-order valence-electron chi connectivity index (χ3n) is 6.68. The van der Waals surface area contributed by atoms with Gasteiger partial charge in [-0.15, -0.1) is 0 Å². The van der Waals surface area contributed by atoms with Gasteiger partial charge in [-0.1, -0.05) is 37.1 Å². The maximum absolute atomic E-state index is 13.4. The smallest absolute Gasteiger partial charge is 0.411 e. The molecule has 1 aliphatic heterocycles. The van der Waals surface area contributed by atoms with Gasteiger partial charge in [0.1, 0.15) is 11.6 Å². The lowest BCUT2D eigenvalue weighted by molar-refractivity contribution is -0.126. The molecule has 2 fully saturated rings. The van der Waals surface area contributed by atoms with E-state index in [0.29, 0.717) is 5.92 Å². The first kappa shape index (κ1) is 20.2. The van der Waals surface area contributed by atoms with Crippen molar-refractivity contribution in [3.63, 3.8) is 0 Å². The van der Waals surface area contributed by atoms with E-state index in [1.807, 2.05) is 26.8 Å². The third-order valence-corrected chi connectivity index (χ3v) is 6.68. The van der Waals surface area contributed by atoms with Gasteiger partial charge in [0.15, 0.2) is 0 Å². The molecule has 2 amide bonds. The second-order valence-corrected chi connectivity index (χ2v) is 9.90. The number of nitrogens with one attached hydrogen (secondary N) is 1. The molecule has 1 aromatic carbocycles. The lowest BCUT2D eigenvalue weighted by Crippen LogP contribution is -2.51. The van der Waals surface area contributed by atoms with E-state index in [0.717, 1.165) is 44.9 Å². The Bertz CT molecular complexity index is 770. The Labute approximate surface area is 174 Å². The predicted molar refractivity (Wildman–Crippen MR) is 112 cm³/mol. The number of ether oxygens (including phenoxy) is 1. The van der Waals surface area contributed by atoms with Gasteiger partial charge >= 0.3 is 6.09 Å². The minimum absolute atomic E-state index is 0.0213. The van der Waals surface area contributed by atoms with Crippen LogP contribution in [0.15, 0.2) is 24.3 Å². The van der Waals surface area contributed by atoms with Crippen molar-refractivity contribution in [3.05, 3.63) is 35.4 Å². The highest BCUT2D eigenvalue weighted by atomic mass is 16.6. The van der Waals surface area contributed by atoms with Crippen LogP contribution in [-0.4, -0.2) is 34.6 Å². The maximum Gasteiger partial charge on any atom is 0.411 e. The molecule has 1 saturated heterocycles. The Kier molecular flexibility index (Phi) is 5.58. The van der Waals surface area contributed by atoms with E-state index in [4.69, 9.17) is 4.74 Å². The van der Waals surface area contributed by atoms with Crippen LogP contribution in [0.2, 0.25) is 0 Å². The second kappa shape index (κ2) is 8.00. The summed E-state index contributed by atoms with van der Waals surface area (Å²) < 4.78 is 5.70. The predicted octanol–water partition coefficient (Wildman–Crippen LogP) is 4.75. The van der Waals surface area contributed by atoms with Crippen LogP contribution >= 0.6 is 0 Å². The minimum atomic E-state index is -0.562. The van der Waals surface area contributed by atoms with Gasteiger partial charge in [0.25, 0.3) is 0 Å². The van der Waals surface area contributed by atoms with E-state index in [-0.39, 0.29) is 24.1 Å². The summed E-state index contributed by atoms with van der Waals surface area (Å²) in [7, 11) is 0. The van der Waals surface area contributed by atoms with Crippen LogP contribution in [0.5, 0.6) is 0 Å². The van der Waals surface area contributed by atoms with Crippen molar-refractivity contribution in [2.75, 3.05) is 0 Å². The molecule has 5 heteroatoms. The molecule has 1 N–H and O–H groups in total. The summed E-state index contributed by atoms with van der Waals surface area (Å²) in [6, 6.07) is 8.13. The molecular weight excluding hydrogens is 364 g/mol. The first-order valence-electron chi connectivity index (χ1n) is 11.2. The van der Waals surface area contributed by atoms with Crippen LogP contribution in [0, 0.1) is 5.92 Å². The summed E-state index contributed by atoms with van der Waals surface area (Å²) in [5.41, 5.74) is 1.99. The number of amides is 2. The van der Waals surface area contributed by atoms with Crippen LogP contribution in [0.4, 0.5) is 4.79 Å². The van der Waals surface area contributed by atoms with E-state index >= 15 is 0 Å². The number of nitrogens with zero attached hydrogens (tertiary/aromatic N) is 1. The molecule has 0 spiro atoms. The molecule has 5 nitrogen and oxygen atoms in total. The Morgan fingerprint density at radius 3 is 2.62 bits per heavy atom. The number of carbonyl (C=O) groups excluding carboxylic acids is 2. The van der Waals surface area contributed by atoms with Crippen LogP contribution in [0.3, 0.4) is 0 Å². The molecule has 29 heavy (non-hydrogen) atoms. The van der Waals surface area contributed by atoms with E-state index in [2.05, 4.69) is 23.5 Å². The Balaban J connectivity index is 1.53. The molecule has 0 aromatic heterocycles. The highest BCUT2D eigenvalue weighted by Crippen LogP contribution is 2.41. The topological polar surface area (TPSA) is 58.6 Å². The first-order valence-corrected chi connectivity index (χ1v) is 11.2. The van der Waals surface area contributed by atoms with Crippen molar-refractivity contribution in [2.45, 2.75) is 95.9 Å². The van der Waals surface area contributed by atoms with Gasteiger partial charge in [-0.25, -0.2) is 4.79 Å². The SMILES string of the molecule is CC(C)(C)OC(=O)N1C2CCCCC2C[C@H]1C(=O)N[C@@H]1CCCc2ccccc21. The highest BCUT2D eigenvalue weighted by Gasteiger charge is 2.49. The van der Waals surface area contributed by atoms with E-state index in [9.17, 15) is 9.59 Å². The van der Waals surface area contributed by atoms with E-state index < -0.39 is 11.6 Å². The highest BCUT2D eigenvalue weighted by molar-refractivity contribution is 5.87. The minimum Gasteiger partial charge on any atom is -0.444 e. The fraction of sp³-hybridized carbons (Fsp3) is 0.667. The second-order valence-electron chi connectivity index (χ2n) is 9.90. The number of carbonyl (C=O) groups is 2. The molecule has 2 unspecified atom stereocenters. The summed E-state index contributed by atoms with van der Waals surface area (Å²) >= 11 is 0. The zero-order chi connectivity index (χ0) is 20.6. The van der Waals surface area contributed by atoms with E-state index in [1.54, 1.807) is 4.90 Å². The molecule has 1 saturated carbocycles. The lowest BCUT2D eigenvalue weighted by atomic mass is 9.84. The number of benzene rings is 1. The normalized spacial score (nSPS) is 29.0. The molecule has 2 aliphatic carbocycles. The fourth-order valence-electron chi connectivity index (χ4n) is 5.44. The number of aryl methyl sites for hydroxylation is 1. The first-order chi connectivity index (χ1) is 13.8. The molecular formula is C24H34N2O3. The summed E-state index contributed by atoms with van der Waals surface area (Å²) in [6.07, 6.45) is 7.89. The van der Waals surface area contributed by atoms with Crippen LogP contribution in [0.25, 0.3) is 0 Å². The maximum atomic E-state index is 13.4. The zero-order valence-corrected chi connectivity index (χ0v) is 17.9. The number of rotatable bonds is 2. The molecule has 4 rings (SSSR count). The van der Waals surface area contributed by atoms with Gasteiger partial charge in [0.2, 0.25) is 5.91 Å². The summed E-state index contributed by atoms with van der Waals surface area (Å²) in [5, 5.41) is 3.29. The van der Waals surface area contributed by atoms with Crippen molar-refractivity contribution in [2.24, 2.45) is 5.92 Å². The largest absolute Gasteiger partial charge is 0.444 e. The number of hydrogen-bond acceptors (Lipinski definition) is 3. The molecule has 158 valence electrons. The van der Waals surface area contributed by atoms with E-state index in [1.165, 1.54) is 17.5 Å². The average Bonchev–Trinajstić information content (AvgIpc) is 3.07. The number of fused-ring (bicyclic) bond motifs is 2. The summed E-state index contributed by atoms with van der Waals surface area (Å²) in [6.45, 7) is 5.65. The average molecular weight is 399 g/mol. The molecule has 0 bridgehead atoms. The van der Waals surface area contributed by atoms with Crippen molar-refractivity contribution in [3.8, 4) is 0 Å². The number of likely N-dealkylation sites (tertiary alicyclic amines) is 1.